The van der Waals surface area contributed by atoms with Crippen molar-refractivity contribution in [3.63, 3.8) is 0 Å². The van der Waals surface area contributed by atoms with Crippen LogP contribution in [0.1, 0.15) is 0 Å². The summed E-state index contributed by atoms with van der Waals surface area (Å²) in [5.74, 6) is -1.91. The fourth-order valence-corrected chi connectivity index (χ4v) is 3.07. The first-order valence-corrected chi connectivity index (χ1v) is 8.99. The summed E-state index contributed by atoms with van der Waals surface area (Å²) in [6, 6.07) is 4.38. The monoisotopic (exact) mass is 332 g/mol. The summed E-state index contributed by atoms with van der Waals surface area (Å²) < 4.78 is 37.9. The molecule has 2 rings (SSSR count). The summed E-state index contributed by atoms with van der Waals surface area (Å²) in [5.41, 5.74) is 0.561. The first-order valence-electron chi connectivity index (χ1n) is 5.95. The number of carbonyl (C=O) groups is 1. The number of aryl methyl sites for hydroxylation is 1. The summed E-state index contributed by atoms with van der Waals surface area (Å²) in [4.78, 5) is 14.7. The number of benzene rings is 1. The molecule has 0 aliphatic rings. The summed E-state index contributed by atoms with van der Waals surface area (Å²) in [6.07, 6.45) is 1.11. The molecule has 0 saturated carbocycles. The van der Waals surface area contributed by atoms with Gasteiger partial charge in [0.1, 0.15) is 15.4 Å². The second-order valence-corrected chi connectivity index (χ2v) is 7.67. The molecule has 114 valence electrons. The van der Waals surface area contributed by atoms with Crippen molar-refractivity contribution in [3.05, 3.63) is 24.0 Å². The van der Waals surface area contributed by atoms with Crippen LogP contribution in [0, 0.1) is 5.82 Å². The summed E-state index contributed by atoms with van der Waals surface area (Å²) in [7, 11) is -3.19. The number of thioether (sulfide) groups is 1. The molecule has 9 heteroatoms. The van der Waals surface area contributed by atoms with E-state index in [9.17, 15) is 17.6 Å². The number of imidazole rings is 1. The number of carboxylic acid groups (broad SMARTS) is 1. The Morgan fingerprint density at radius 2 is 2.19 bits per heavy atom. The number of hydrogen-bond acceptors (Lipinski definition) is 5. The number of fused-ring (bicyclic) bond motifs is 1. The van der Waals surface area contributed by atoms with Crippen molar-refractivity contribution in [3.8, 4) is 0 Å². The molecule has 1 heterocycles. The Morgan fingerprint density at radius 3 is 2.81 bits per heavy atom. The van der Waals surface area contributed by atoms with Crippen LogP contribution in [-0.4, -0.2) is 46.8 Å². The molecule has 0 spiro atoms. The first kappa shape index (κ1) is 15.8. The molecule has 1 N–H and O–H groups in total. The number of hydrogen-bond donors (Lipinski definition) is 1. The highest BCUT2D eigenvalue weighted by Crippen LogP contribution is 2.25. The van der Waals surface area contributed by atoms with Crippen LogP contribution in [0.3, 0.4) is 0 Å². The van der Waals surface area contributed by atoms with Crippen molar-refractivity contribution in [2.75, 3.05) is 17.8 Å². The van der Waals surface area contributed by atoms with Gasteiger partial charge in [-0.1, -0.05) is 17.8 Å². The highest BCUT2D eigenvalue weighted by molar-refractivity contribution is 7.99. The second kappa shape index (κ2) is 6.02. The predicted molar refractivity (Wildman–Crippen MR) is 77.8 cm³/mol. The normalized spacial score (nSPS) is 11.9. The molecule has 0 saturated heterocycles. The third kappa shape index (κ3) is 3.94. The Hall–Kier alpha value is -1.61. The lowest BCUT2D eigenvalue weighted by molar-refractivity contribution is -0.133. The lowest BCUT2D eigenvalue weighted by Crippen LogP contribution is -2.12. The van der Waals surface area contributed by atoms with Crippen LogP contribution in [0.2, 0.25) is 0 Å². The average molecular weight is 332 g/mol. The van der Waals surface area contributed by atoms with Gasteiger partial charge < -0.3 is 9.67 Å². The van der Waals surface area contributed by atoms with Crippen molar-refractivity contribution in [2.45, 2.75) is 11.7 Å². The number of rotatable bonds is 6. The van der Waals surface area contributed by atoms with Crippen molar-refractivity contribution in [1.29, 1.82) is 0 Å². The molecule has 0 fully saturated rings. The molecule has 21 heavy (non-hydrogen) atoms. The molecule has 0 unspecified atom stereocenters. The molecule has 0 amide bonds. The summed E-state index contributed by atoms with van der Waals surface area (Å²) >= 11 is 0.931. The zero-order valence-electron chi connectivity index (χ0n) is 11.1. The van der Waals surface area contributed by atoms with E-state index in [0.717, 1.165) is 18.0 Å². The van der Waals surface area contributed by atoms with E-state index >= 15 is 0 Å². The lowest BCUT2D eigenvalue weighted by Gasteiger charge is -2.07. The maximum absolute atomic E-state index is 13.7. The smallest absolute Gasteiger partial charge is 0.313 e. The van der Waals surface area contributed by atoms with Crippen molar-refractivity contribution in [2.24, 2.45) is 0 Å². The van der Waals surface area contributed by atoms with Gasteiger partial charge in [0, 0.05) is 12.8 Å². The van der Waals surface area contributed by atoms with Crippen LogP contribution >= 0.6 is 11.8 Å². The Kier molecular flexibility index (Phi) is 4.52. The predicted octanol–water partition coefficient (Wildman–Crippen LogP) is 1.40. The molecule has 1 aromatic heterocycles. The molecule has 6 nitrogen and oxygen atoms in total. The van der Waals surface area contributed by atoms with Gasteiger partial charge in [-0.05, 0) is 12.1 Å². The molecular weight excluding hydrogens is 319 g/mol. The minimum atomic E-state index is -3.19. The van der Waals surface area contributed by atoms with E-state index in [0.29, 0.717) is 10.7 Å². The molecular formula is C12H13FN2O4S2. The maximum Gasteiger partial charge on any atom is 0.313 e. The number of para-hydroxylation sites is 1. The SMILES string of the molecule is CS(=O)(=O)CCn1c(SCC(=O)O)nc2c(F)cccc21. The van der Waals surface area contributed by atoms with E-state index in [1.165, 1.54) is 16.7 Å². The standard InChI is InChI=1S/C12H13FN2O4S2/c1-21(18,19)6-5-15-9-4-2-3-8(13)11(9)14-12(15)20-7-10(16)17/h2-4H,5-7H2,1H3,(H,16,17). The average Bonchev–Trinajstić information content (AvgIpc) is 2.72. The quantitative estimate of drug-likeness (QED) is 0.804. The number of sulfone groups is 1. The van der Waals surface area contributed by atoms with Crippen LogP contribution < -0.4 is 0 Å². The van der Waals surface area contributed by atoms with Gasteiger partial charge in [-0.15, -0.1) is 0 Å². The van der Waals surface area contributed by atoms with E-state index < -0.39 is 21.6 Å². The van der Waals surface area contributed by atoms with E-state index in [2.05, 4.69) is 4.98 Å². The van der Waals surface area contributed by atoms with Gasteiger partial charge in [0.05, 0.1) is 17.0 Å². The Morgan fingerprint density at radius 1 is 1.48 bits per heavy atom. The van der Waals surface area contributed by atoms with Crippen molar-refractivity contribution in [1.82, 2.24) is 9.55 Å². The molecule has 2 aromatic rings. The van der Waals surface area contributed by atoms with E-state index in [1.807, 2.05) is 0 Å². The van der Waals surface area contributed by atoms with Crippen LogP contribution in [0.4, 0.5) is 4.39 Å². The highest BCUT2D eigenvalue weighted by atomic mass is 32.2. The van der Waals surface area contributed by atoms with Gasteiger partial charge in [-0.25, -0.2) is 17.8 Å². The largest absolute Gasteiger partial charge is 0.481 e. The van der Waals surface area contributed by atoms with Crippen molar-refractivity contribution < 1.29 is 22.7 Å². The van der Waals surface area contributed by atoms with Gasteiger partial charge in [0.2, 0.25) is 0 Å². The minimum Gasteiger partial charge on any atom is -0.481 e. The summed E-state index contributed by atoms with van der Waals surface area (Å²) in [6.45, 7) is 0.0980. The van der Waals surface area contributed by atoms with Crippen molar-refractivity contribution >= 4 is 38.6 Å². The Labute approximate surface area is 124 Å². The third-order valence-electron chi connectivity index (χ3n) is 2.71. The second-order valence-electron chi connectivity index (χ2n) is 4.47. The van der Waals surface area contributed by atoms with Gasteiger partial charge in [-0.3, -0.25) is 4.79 Å². The van der Waals surface area contributed by atoms with Crippen LogP contribution in [-0.2, 0) is 21.2 Å². The van der Waals surface area contributed by atoms with E-state index in [-0.39, 0.29) is 23.6 Å². The van der Waals surface area contributed by atoms with Crippen LogP contribution in [0.15, 0.2) is 23.4 Å². The Bertz CT molecular complexity index is 786. The van der Waals surface area contributed by atoms with E-state index in [4.69, 9.17) is 5.11 Å². The summed E-state index contributed by atoms with van der Waals surface area (Å²) in [5, 5.41) is 9.02. The third-order valence-corrected chi connectivity index (χ3v) is 4.59. The Balaban J connectivity index is 2.44. The molecule has 0 bridgehead atoms. The topological polar surface area (TPSA) is 89.3 Å². The van der Waals surface area contributed by atoms with Crippen LogP contribution in [0.5, 0.6) is 0 Å². The fourth-order valence-electron chi connectivity index (χ4n) is 1.80. The molecule has 1 aromatic carbocycles. The maximum atomic E-state index is 13.7. The first-order chi connectivity index (χ1) is 9.78. The molecule has 0 aliphatic carbocycles. The zero-order chi connectivity index (χ0) is 15.6. The molecule has 0 radical (unpaired) electrons. The zero-order valence-corrected chi connectivity index (χ0v) is 12.7. The number of aliphatic carboxylic acids is 1. The van der Waals surface area contributed by atoms with Crippen LogP contribution in [0.25, 0.3) is 11.0 Å². The van der Waals surface area contributed by atoms with Gasteiger partial charge in [-0.2, -0.15) is 0 Å². The minimum absolute atomic E-state index is 0.0980. The number of carboxylic acids is 1. The highest BCUT2D eigenvalue weighted by Gasteiger charge is 2.16. The van der Waals surface area contributed by atoms with E-state index in [1.54, 1.807) is 6.07 Å². The number of nitrogens with zero attached hydrogens (tertiary/aromatic N) is 2. The fraction of sp³-hybridized carbons (Fsp3) is 0.333. The molecule has 0 aliphatic heterocycles. The lowest BCUT2D eigenvalue weighted by atomic mass is 10.3. The van der Waals surface area contributed by atoms with Gasteiger partial charge in [0.15, 0.2) is 11.0 Å². The van der Waals surface area contributed by atoms with Gasteiger partial charge >= 0.3 is 5.97 Å². The number of aromatic nitrogens is 2. The molecule has 0 atom stereocenters. The number of halogens is 1. The van der Waals surface area contributed by atoms with Gasteiger partial charge in [0.25, 0.3) is 0 Å².